The molecule has 0 radical (unpaired) electrons. The van der Waals surface area contributed by atoms with E-state index >= 15 is 0 Å². The van der Waals surface area contributed by atoms with E-state index in [2.05, 4.69) is 17.2 Å². The number of para-hydroxylation sites is 1. The number of hydrogen-bond acceptors (Lipinski definition) is 4. The van der Waals surface area contributed by atoms with Crippen LogP contribution in [0, 0.1) is 29.4 Å². The molecule has 0 spiro atoms. The smallest absolute Gasteiger partial charge is 0.266 e. The van der Waals surface area contributed by atoms with Crippen LogP contribution in [0.4, 0.5) is 8.78 Å². The van der Waals surface area contributed by atoms with Crippen molar-refractivity contribution in [2.24, 2.45) is 17.8 Å². The maximum atomic E-state index is 14.7. The zero-order valence-electron chi connectivity index (χ0n) is 19.1. The van der Waals surface area contributed by atoms with Crippen LogP contribution in [0.3, 0.4) is 0 Å². The van der Waals surface area contributed by atoms with Gasteiger partial charge in [-0.15, -0.1) is 0 Å². The lowest BCUT2D eigenvalue weighted by atomic mass is 9.84. The number of nitrogens with one attached hydrogen (secondary N) is 1. The minimum absolute atomic E-state index is 0.0761. The van der Waals surface area contributed by atoms with Gasteiger partial charge >= 0.3 is 0 Å². The van der Waals surface area contributed by atoms with E-state index in [9.17, 15) is 18.4 Å². The number of amides is 1. The highest BCUT2D eigenvalue weighted by molar-refractivity contribution is 8.00. The van der Waals surface area contributed by atoms with Crippen molar-refractivity contribution in [2.45, 2.75) is 56.0 Å². The Kier molecular flexibility index (Phi) is 6.18. The maximum absolute atomic E-state index is 14.7. The molecule has 1 heterocycles. The summed E-state index contributed by atoms with van der Waals surface area (Å²) in [6, 6.07) is 9.91. The van der Waals surface area contributed by atoms with Crippen LogP contribution >= 0.6 is 11.8 Å². The van der Waals surface area contributed by atoms with Crippen LogP contribution in [-0.2, 0) is 4.79 Å². The predicted octanol–water partition coefficient (Wildman–Crippen LogP) is 5.09. The molecule has 2 saturated carbocycles. The van der Waals surface area contributed by atoms with E-state index < -0.39 is 22.4 Å². The minimum atomic E-state index is -0.872. The maximum Gasteiger partial charge on any atom is 0.266 e. The Labute approximate surface area is 201 Å². The van der Waals surface area contributed by atoms with Gasteiger partial charge in [-0.05, 0) is 75.1 Å². The lowest BCUT2D eigenvalue weighted by Crippen LogP contribution is -2.43. The molecule has 5 atom stereocenters. The molecule has 1 aromatic heterocycles. The van der Waals surface area contributed by atoms with Crippen molar-refractivity contribution in [1.82, 2.24) is 14.9 Å². The molecule has 2 aliphatic carbocycles. The fourth-order valence-corrected chi connectivity index (χ4v) is 6.56. The highest BCUT2D eigenvalue weighted by atomic mass is 32.2. The summed E-state index contributed by atoms with van der Waals surface area (Å²) in [5.41, 5.74) is -0.117. The number of halogens is 2. The number of carbonyl (C=O) groups excluding carboxylic acids is 1. The van der Waals surface area contributed by atoms with E-state index in [4.69, 9.17) is 0 Å². The van der Waals surface area contributed by atoms with Crippen LogP contribution in [0.5, 0.6) is 0 Å². The van der Waals surface area contributed by atoms with Crippen molar-refractivity contribution in [2.75, 3.05) is 0 Å². The Morgan fingerprint density at radius 3 is 2.65 bits per heavy atom. The molecule has 5 unspecified atom stereocenters. The fourth-order valence-electron chi connectivity index (χ4n) is 5.63. The number of thioether (sulfide) groups is 1. The number of hydrogen-bond donors (Lipinski definition) is 1. The van der Waals surface area contributed by atoms with Gasteiger partial charge < -0.3 is 5.32 Å². The van der Waals surface area contributed by atoms with Gasteiger partial charge in [-0.3, -0.25) is 14.2 Å². The summed E-state index contributed by atoms with van der Waals surface area (Å²) in [4.78, 5) is 30.9. The quantitative estimate of drug-likeness (QED) is 0.392. The average Bonchev–Trinajstić information content (AvgIpc) is 3.44. The topological polar surface area (TPSA) is 64.0 Å². The Morgan fingerprint density at radius 2 is 1.94 bits per heavy atom. The van der Waals surface area contributed by atoms with Crippen molar-refractivity contribution >= 4 is 28.6 Å². The Morgan fingerprint density at radius 1 is 1.15 bits per heavy atom. The first-order chi connectivity index (χ1) is 16.3. The second-order valence-electron chi connectivity index (χ2n) is 9.54. The van der Waals surface area contributed by atoms with Crippen molar-refractivity contribution in [3.63, 3.8) is 0 Å². The van der Waals surface area contributed by atoms with Gasteiger partial charge in [-0.2, -0.15) is 0 Å². The van der Waals surface area contributed by atoms with Crippen molar-refractivity contribution < 1.29 is 13.6 Å². The molecule has 2 aromatic carbocycles. The van der Waals surface area contributed by atoms with Gasteiger partial charge in [0.25, 0.3) is 5.56 Å². The van der Waals surface area contributed by atoms with Crippen LogP contribution in [0.2, 0.25) is 0 Å². The molecule has 2 aliphatic rings. The molecule has 0 aliphatic heterocycles. The van der Waals surface area contributed by atoms with E-state index in [-0.39, 0.29) is 22.8 Å². The summed E-state index contributed by atoms with van der Waals surface area (Å²) in [6.07, 6.45) is 4.99. The Balaban J connectivity index is 1.44. The normalized spacial score (nSPS) is 23.2. The van der Waals surface area contributed by atoms with Crippen LogP contribution in [0.15, 0.2) is 52.4 Å². The zero-order chi connectivity index (χ0) is 24.0. The van der Waals surface area contributed by atoms with Crippen LogP contribution in [0.1, 0.15) is 39.5 Å². The van der Waals surface area contributed by atoms with E-state index in [1.165, 1.54) is 31.7 Å². The van der Waals surface area contributed by atoms with Crippen molar-refractivity contribution in [3.05, 3.63) is 64.5 Å². The standard InChI is InChI=1S/C26H27F2N3O2S/c1-14(20-12-16-7-8-17(20)11-16)29-24(32)15(2)34-26-30-22-6-4-3-5-19(22)25(33)31(26)23-10-9-18(27)13-21(23)28/h3-6,9-10,13-17,20H,7-8,11-12H2,1-2H3,(H,29,32). The summed E-state index contributed by atoms with van der Waals surface area (Å²) in [7, 11) is 0. The van der Waals surface area contributed by atoms with Gasteiger partial charge in [-0.1, -0.05) is 30.3 Å². The summed E-state index contributed by atoms with van der Waals surface area (Å²) in [6.45, 7) is 3.82. The summed E-state index contributed by atoms with van der Waals surface area (Å²) < 4.78 is 29.4. The lowest BCUT2D eigenvalue weighted by molar-refractivity contribution is -0.121. The van der Waals surface area contributed by atoms with Crippen molar-refractivity contribution in [3.8, 4) is 5.69 Å². The van der Waals surface area contributed by atoms with Crippen molar-refractivity contribution in [1.29, 1.82) is 0 Å². The molecule has 3 aromatic rings. The van der Waals surface area contributed by atoms with E-state index in [0.29, 0.717) is 22.7 Å². The zero-order valence-corrected chi connectivity index (χ0v) is 19.9. The highest BCUT2D eigenvalue weighted by Gasteiger charge is 2.42. The van der Waals surface area contributed by atoms with Crippen LogP contribution in [0.25, 0.3) is 16.6 Å². The number of rotatable bonds is 6. The molecule has 2 fully saturated rings. The third-order valence-corrected chi connectivity index (χ3v) is 8.40. The van der Waals surface area contributed by atoms with Crippen LogP contribution < -0.4 is 10.9 Å². The molecule has 5 nitrogen and oxygen atoms in total. The molecule has 1 amide bonds. The Hall–Kier alpha value is -2.74. The minimum Gasteiger partial charge on any atom is -0.352 e. The molecule has 178 valence electrons. The first-order valence-corrected chi connectivity index (χ1v) is 12.6. The van der Waals surface area contributed by atoms with E-state index in [1.54, 1.807) is 31.2 Å². The molecular formula is C26H27F2N3O2S. The van der Waals surface area contributed by atoms with Gasteiger partial charge in [-0.25, -0.2) is 13.8 Å². The van der Waals surface area contributed by atoms with Gasteiger partial charge in [0.1, 0.15) is 11.6 Å². The molecule has 8 heteroatoms. The number of fused-ring (bicyclic) bond motifs is 3. The number of carbonyl (C=O) groups is 1. The number of nitrogens with zero attached hydrogens (tertiary/aromatic N) is 2. The number of benzene rings is 2. The average molecular weight is 484 g/mol. The monoisotopic (exact) mass is 483 g/mol. The first kappa shape index (κ1) is 23.0. The second kappa shape index (κ2) is 9.13. The van der Waals surface area contributed by atoms with Gasteiger partial charge in [0, 0.05) is 12.1 Å². The number of aromatic nitrogens is 2. The van der Waals surface area contributed by atoms with Crippen LogP contribution in [-0.4, -0.2) is 26.8 Å². The molecule has 2 bridgehead atoms. The third-order valence-electron chi connectivity index (χ3n) is 7.35. The molecule has 34 heavy (non-hydrogen) atoms. The van der Waals surface area contributed by atoms with Gasteiger partial charge in [0.05, 0.1) is 21.8 Å². The summed E-state index contributed by atoms with van der Waals surface area (Å²) >= 11 is 1.09. The lowest BCUT2D eigenvalue weighted by Gasteiger charge is -2.29. The third kappa shape index (κ3) is 4.24. The van der Waals surface area contributed by atoms with E-state index in [0.717, 1.165) is 34.4 Å². The summed E-state index contributed by atoms with van der Waals surface area (Å²) in [5.74, 6) is 0.238. The second-order valence-corrected chi connectivity index (χ2v) is 10.9. The SMILES string of the molecule is CC(Sc1nc2ccccc2c(=O)n1-c1ccc(F)cc1F)C(=O)NC(C)C1CC2CCC1C2. The largest absolute Gasteiger partial charge is 0.352 e. The summed E-state index contributed by atoms with van der Waals surface area (Å²) in [5, 5.41) is 3.09. The predicted molar refractivity (Wildman–Crippen MR) is 129 cm³/mol. The molecular weight excluding hydrogens is 456 g/mol. The first-order valence-electron chi connectivity index (χ1n) is 11.8. The highest BCUT2D eigenvalue weighted by Crippen LogP contribution is 2.49. The molecule has 0 saturated heterocycles. The van der Waals surface area contributed by atoms with Gasteiger partial charge in [0.15, 0.2) is 5.16 Å². The Bertz CT molecular complexity index is 1310. The molecule has 5 rings (SSSR count). The van der Waals surface area contributed by atoms with E-state index in [1.807, 2.05) is 0 Å². The fraction of sp³-hybridized carbons (Fsp3) is 0.423. The van der Waals surface area contributed by atoms with Gasteiger partial charge in [0.2, 0.25) is 5.91 Å². The molecule has 1 N–H and O–H groups in total.